The minimum absolute atomic E-state index is 0.196. The highest BCUT2D eigenvalue weighted by atomic mass is 15.4. The number of benzene rings is 2. The fraction of sp³-hybridized carbons (Fsp3) is 0.250. The van der Waals surface area contributed by atoms with E-state index in [9.17, 15) is 0 Å². The number of nitrogens with zero attached hydrogens (tertiary/aromatic N) is 1. The van der Waals surface area contributed by atoms with Crippen molar-refractivity contribution < 1.29 is 0 Å². The van der Waals surface area contributed by atoms with Gasteiger partial charge in [0.15, 0.2) is 0 Å². The zero-order chi connectivity index (χ0) is 13.0. The van der Waals surface area contributed by atoms with Gasteiger partial charge in [-0.1, -0.05) is 60.7 Å². The van der Waals surface area contributed by atoms with Crippen molar-refractivity contribution in [2.75, 3.05) is 0 Å². The van der Waals surface area contributed by atoms with Crippen molar-refractivity contribution in [1.82, 2.24) is 5.01 Å². The Bertz CT molecular complexity index is 421. The predicted octanol–water partition coefficient (Wildman–Crippen LogP) is 3.68. The maximum atomic E-state index is 6.26. The van der Waals surface area contributed by atoms with Crippen LogP contribution in [0.25, 0.3) is 0 Å². The molecule has 0 spiro atoms. The number of nitrogens with two attached hydrogens (primary N) is 1. The van der Waals surface area contributed by atoms with Crippen molar-refractivity contribution >= 4 is 0 Å². The average Bonchev–Trinajstić information content (AvgIpc) is 2.47. The van der Waals surface area contributed by atoms with Gasteiger partial charge in [0, 0.05) is 12.1 Å². The summed E-state index contributed by atoms with van der Waals surface area (Å²) in [7, 11) is 0. The molecular weight excluding hydrogens is 220 g/mol. The van der Waals surface area contributed by atoms with E-state index in [1.54, 1.807) is 0 Å². The Hall–Kier alpha value is -1.64. The Labute approximate surface area is 109 Å². The molecule has 2 atom stereocenters. The molecule has 0 aliphatic rings. The van der Waals surface area contributed by atoms with Gasteiger partial charge >= 0.3 is 0 Å². The van der Waals surface area contributed by atoms with Gasteiger partial charge in [0.25, 0.3) is 0 Å². The Morgan fingerprint density at radius 2 is 1.06 bits per heavy atom. The second-order valence-corrected chi connectivity index (χ2v) is 4.62. The maximum absolute atomic E-state index is 6.26. The first-order chi connectivity index (χ1) is 8.70. The molecule has 2 aromatic rings. The molecule has 94 valence electrons. The lowest BCUT2D eigenvalue weighted by Gasteiger charge is -2.30. The summed E-state index contributed by atoms with van der Waals surface area (Å²) < 4.78 is 0. The van der Waals surface area contributed by atoms with E-state index < -0.39 is 0 Å². The van der Waals surface area contributed by atoms with E-state index in [1.165, 1.54) is 11.1 Å². The van der Waals surface area contributed by atoms with Gasteiger partial charge in [-0.05, 0) is 25.0 Å². The molecule has 0 aliphatic carbocycles. The summed E-state index contributed by atoms with van der Waals surface area (Å²) in [5, 5.41) is 1.91. The predicted molar refractivity (Wildman–Crippen MR) is 75.7 cm³/mol. The summed E-state index contributed by atoms with van der Waals surface area (Å²) in [6.45, 7) is 4.27. The van der Waals surface area contributed by atoms with Crippen molar-refractivity contribution in [1.29, 1.82) is 0 Å². The van der Waals surface area contributed by atoms with E-state index in [-0.39, 0.29) is 12.1 Å². The van der Waals surface area contributed by atoms with Crippen LogP contribution in [0.3, 0.4) is 0 Å². The smallest absolute Gasteiger partial charge is 0.0469 e. The van der Waals surface area contributed by atoms with Crippen LogP contribution in [-0.4, -0.2) is 5.01 Å². The van der Waals surface area contributed by atoms with E-state index in [0.29, 0.717) is 0 Å². The first-order valence-corrected chi connectivity index (χ1v) is 6.33. The lowest BCUT2D eigenvalue weighted by atomic mass is 10.0. The minimum atomic E-state index is 0.196. The Kier molecular flexibility index (Phi) is 4.13. The molecule has 0 fully saturated rings. The molecule has 2 nitrogen and oxygen atoms in total. The SMILES string of the molecule is CC(c1ccccc1)N(N)C(C)c1ccccc1. The van der Waals surface area contributed by atoms with E-state index in [4.69, 9.17) is 5.84 Å². The van der Waals surface area contributed by atoms with E-state index in [0.717, 1.165) is 0 Å². The van der Waals surface area contributed by atoms with Gasteiger partial charge in [-0.25, -0.2) is 5.01 Å². The van der Waals surface area contributed by atoms with Gasteiger partial charge in [-0.3, -0.25) is 5.84 Å². The van der Waals surface area contributed by atoms with Gasteiger partial charge in [0.05, 0.1) is 0 Å². The molecule has 0 saturated carbocycles. The Morgan fingerprint density at radius 1 is 0.722 bits per heavy atom. The van der Waals surface area contributed by atoms with Gasteiger partial charge in [-0.15, -0.1) is 0 Å². The molecule has 0 aliphatic heterocycles. The molecule has 0 bridgehead atoms. The monoisotopic (exact) mass is 240 g/mol. The second-order valence-electron chi connectivity index (χ2n) is 4.62. The molecule has 2 N–H and O–H groups in total. The summed E-state index contributed by atoms with van der Waals surface area (Å²) in [4.78, 5) is 0. The van der Waals surface area contributed by atoms with Crippen LogP contribution in [0.15, 0.2) is 60.7 Å². The minimum Gasteiger partial charge on any atom is -0.268 e. The molecule has 2 heteroatoms. The molecular formula is C16H20N2. The maximum Gasteiger partial charge on any atom is 0.0469 e. The van der Waals surface area contributed by atoms with E-state index >= 15 is 0 Å². The van der Waals surface area contributed by atoms with Crippen LogP contribution in [0.4, 0.5) is 0 Å². The Balaban J connectivity index is 2.14. The van der Waals surface area contributed by atoms with Crippen molar-refractivity contribution in [3.63, 3.8) is 0 Å². The van der Waals surface area contributed by atoms with Crippen LogP contribution < -0.4 is 5.84 Å². The molecule has 2 aromatic carbocycles. The summed E-state index contributed by atoms with van der Waals surface area (Å²) >= 11 is 0. The fourth-order valence-corrected chi connectivity index (χ4v) is 2.14. The number of hydrogen-bond acceptors (Lipinski definition) is 2. The van der Waals surface area contributed by atoms with Gasteiger partial charge in [-0.2, -0.15) is 0 Å². The molecule has 18 heavy (non-hydrogen) atoms. The lowest BCUT2D eigenvalue weighted by Crippen LogP contribution is -2.36. The number of hydrogen-bond donors (Lipinski definition) is 1. The van der Waals surface area contributed by atoms with Crippen LogP contribution in [0.5, 0.6) is 0 Å². The van der Waals surface area contributed by atoms with E-state index in [1.807, 2.05) is 41.4 Å². The Morgan fingerprint density at radius 3 is 1.39 bits per heavy atom. The summed E-state index contributed by atoms with van der Waals surface area (Å²) in [6.07, 6.45) is 0. The van der Waals surface area contributed by atoms with Gasteiger partial charge < -0.3 is 0 Å². The fourth-order valence-electron chi connectivity index (χ4n) is 2.14. The van der Waals surface area contributed by atoms with Crippen LogP contribution in [0.2, 0.25) is 0 Å². The molecule has 2 unspecified atom stereocenters. The van der Waals surface area contributed by atoms with Crippen LogP contribution >= 0.6 is 0 Å². The molecule has 0 radical (unpaired) electrons. The first kappa shape index (κ1) is 12.8. The van der Waals surface area contributed by atoms with E-state index in [2.05, 4.69) is 38.1 Å². The third-order valence-corrected chi connectivity index (χ3v) is 3.46. The van der Waals surface area contributed by atoms with Crippen LogP contribution in [0.1, 0.15) is 37.1 Å². The van der Waals surface area contributed by atoms with Gasteiger partial charge in [0.2, 0.25) is 0 Å². The molecule has 0 aromatic heterocycles. The van der Waals surface area contributed by atoms with Crippen molar-refractivity contribution in [2.45, 2.75) is 25.9 Å². The normalized spacial score (nSPS) is 14.4. The third-order valence-electron chi connectivity index (χ3n) is 3.46. The quantitative estimate of drug-likeness (QED) is 0.652. The summed E-state index contributed by atoms with van der Waals surface area (Å²) in [6, 6.07) is 21.1. The number of hydrazine groups is 1. The average molecular weight is 240 g/mol. The van der Waals surface area contributed by atoms with Crippen LogP contribution in [-0.2, 0) is 0 Å². The summed E-state index contributed by atoms with van der Waals surface area (Å²) in [5.41, 5.74) is 2.48. The van der Waals surface area contributed by atoms with Gasteiger partial charge in [0.1, 0.15) is 0 Å². The summed E-state index contributed by atoms with van der Waals surface area (Å²) in [5.74, 6) is 6.26. The molecule has 0 amide bonds. The third kappa shape index (κ3) is 2.78. The highest BCUT2D eigenvalue weighted by Crippen LogP contribution is 2.26. The zero-order valence-corrected chi connectivity index (χ0v) is 11.0. The standard InChI is InChI=1S/C16H20N2/c1-13(15-9-5-3-6-10-15)18(17)14(2)16-11-7-4-8-12-16/h3-14H,17H2,1-2H3. The largest absolute Gasteiger partial charge is 0.268 e. The molecule has 0 heterocycles. The first-order valence-electron chi connectivity index (χ1n) is 6.33. The molecule has 0 saturated heterocycles. The topological polar surface area (TPSA) is 29.3 Å². The highest BCUT2D eigenvalue weighted by molar-refractivity contribution is 5.21. The van der Waals surface area contributed by atoms with Crippen molar-refractivity contribution in [2.24, 2.45) is 5.84 Å². The van der Waals surface area contributed by atoms with Crippen LogP contribution in [0, 0.1) is 0 Å². The second kappa shape index (κ2) is 5.80. The molecule has 2 rings (SSSR count). The lowest BCUT2D eigenvalue weighted by molar-refractivity contribution is 0.157. The number of rotatable bonds is 4. The zero-order valence-electron chi connectivity index (χ0n) is 11.0. The highest BCUT2D eigenvalue weighted by Gasteiger charge is 2.18. The van der Waals surface area contributed by atoms with Crippen molar-refractivity contribution in [3.05, 3.63) is 71.8 Å². The van der Waals surface area contributed by atoms with Crippen molar-refractivity contribution in [3.8, 4) is 0 Å².